The average molecular weight is 1150 g/mol. The van der Waals surface area contributed by atoms with E-state index in [1.807, 2.05) is 72.8 Å². The third-order valence-electron chi connectivity index (χ3n) is 5.24. The first kappa shape index (κ1) is 76.2. The first-order valence-corrected chi connectivity index (χ1v) is 21.9. The van der Waals surface area contributed by atoms with Crippen LogP contribution >= 0.6 is 0 Å². The van der Waals surface area contributed by atoms with Gasteiger partial charge in [0.25, 0.3) is 0 Å². The second-order valence-corrected chi connectivity index (χ2v) is 13.2. The summed E-state index contributed by atoms with van der Waals surface area (Å²) in [7, 11) is -9.89. The van der Waals surface area contributed by atoms with Crippen LogP contribution in [-0.4, -0.2) is 69.1 Å². The molecule has 0 aliphatic carbocycles. The van der Waals surface area contributed by atoms with Crippen LogP contribution in [0.25, 0.3) is 0 Å². The van der Waals surface area contributed by atoms with Gasteiger partial charge in [0.1, 0.15) is 0 Å². The number of aromatic nitrogens is 4. The molecule has 0 amide bonds. The molecule has 0 radical (unpaired) electrons. The fraction of sp³-hybridized carbons (Fsp3) is 0.389. The second-order valence-electron chi connectivity index (χ2n) is 10.0. The molecular weight excluding hydrogens is 1100 g/mol. The van der Waals surface area contributed by atoms with E-state index < -0.39 is 20.5 Å². The predicted octanol–water partition coefficient (Wildman–Crippen LogP) is -5.59. The number of nitrogens with one attached hydrogen (secondary N) is 4. The topological polar surface area (TPSA) is 332 Å². The molecule has 4 rings (SSSR count). The van der Waals surface area contributed by atoms with Crippen LogP contribution < -0.4 is 58.5 Å². The predicted molar refractivity (Wildman–Crippen MR) is 215 cm³/mol. The molecule has 0 bridgehead atoms. The van der Waals surface area contributed by atoms with Gasteiger partial charge in [-0.1, -0.05) is 24.3 Å². The Bertz CT molecular complexity index is 1320. The minimum atomic E-state index is -4.94. The molecule has 63 heavy (non-hydrogen) atoms. The van der Waals surface area contributed by atoms with Crippen LogP contribution in [0.3, 0.4) is 0 Å². The van der Waals surface area contributed by atoms with Crippen molar-refractivity contribution in [1.29, 1.82) is 10.5 Å². The number of nitrogens with zero attached hydrogens (tertiary/aromatic N) is 6. The maximum Gasteiger partial charge on any atom is 2.00 e. The van der Waals surface area contributed by atoms with Crippen molar-refractivity contribution in [3.8, 4) is 12.1 Å². The monoisotopic (exact) mass is 1140 g/mol. The average Bonchev–Trinajstić information content (AvgIpc) is 3.20. The fourth-order valence-corrected chi connectivity index (χ4v) is 3.74. The molecule has 0 saturated heterocycles. The van der Waals surface area contributed by atoms with E-state index in [9.17, 15) is 0 Å². The Labute approximate surface area is 436 Å². The summed E-state index contributed by atoms with van der Waals surface area (Å²) in [5.74, 6) is 3.03. The van der Waals surface area contributed by atoms with E-state index in [0.29, 0.717) is 0 Å². The molecule has 4 aromatic rings. The zero-order chi connectivity index (χ0) is 46.2. The normalized spacial score (nSPS) is 9.08. The molecule has 0 unspecified atom stereocenters. The van der Waals surface area contributed by atoms with E-state index in [4.69, 9.17) is 98.3 Å². The number of hydrogen-bond acceptors (Lipinski definition) is 22. The van der Waals surface area contributed by atoms with E-state index in [-0.39, 0.29) is 58.4 Å². The second kappa shape index (κ2) is 59.0. The maximum absolute atomic E-state index is 8.49. The Morgan fingerprint density at radius 3 is 0.698 bits per heavy atom. The zero-order valence-electron chi connectivity index (χ0n) is 35.2. The van der Waals surface area contributed by atoms with Gasteiger partial charge >= 0.3 is 58.4 Å². The number of pyridine rings is 4. The number of nitriles is 2. The van der Waals surface area contributed by atoms with Crippen molar-refractivity contribution in [2.24, 2.45) is 0 Å². The first-order chi connectivity index (χ1) is 28.6. The molecule has 4 N–H and O–H groups in total. The molecular formula is C36H50Cl2N10O8S4Zn3. The van der Waals surface area contributed by atoms with Crippen molar-refractivity contribution in [2.45, 2.75) is 40.0 Å². The first-order valence-electron chi connectivity index (χ1n) is 17.2. The van der Waals surface area contributed by atoms with E-state index >= 15 is 0 Å². The van der Waals surface area contributed by atoms with Gasteiger partial charge in [-0.15, -0.1) is 20.5 Å². The van der Waals surface area contributed by atoms with Crippen molar-refractivity contribution in [1.82, 2.24) is 41.2 Å². The van der Waals surface area contributed by atoms with Crippen LogP contribution in [0, 0.1) is 43.1 Å². The quantitative estimate of drug-likeness (QED) is 0.0462. The van der Waals surface area contributed by atoms with E-state index in [1.54, 1.807) is 36.9 Å². The van der Waals surface area contributed by atoms with Gasteiger partial charge in [-0.05, 0) is 74.7 Å². The SMILES string of the molecule is CC#N.CC#N.[O-][Cl+3]([O-])([O-])[O-].[O-][Cl+3]([O-])([O-])[O-].[S-]CCNCc1ccccn1.[S-]CCNCc1ccccn1.[S-]CCNCc1ccccn1.[S-]CCNCc1ccccn1.[Zn+2].[Zn+2].[Zn+2]. The van der Waals surface area contributed by atoms with Crippen molar-refractivity contribution in [2.75, 3.05) is 49.2 Å². The van der Waals surface area contributed by atoms with E-state index in [1.165, 1.54) is 13.8 Å². The minimum absolute atomic E-state index is 0. The Morgan fingerprint density at radius 1 is 0.429 bits per heavy atom. The van der Waals surface area contributed by atoms with Crippen molar-refractivity contribution < 1.29 is 116 Å². The molecule has 0 spiro atoms. The summed E-state index contributed by atoms with van der Waals surface area (Å²) in [4.78, 5) is 16.6. The molecule has 4 aromatic heterocycles. The van der Waals surface area contributed by atoms with Crippen LogP contribution in [0.1, 0.15) is 36.6 Å². The van der Waals surface area contributed by atoms with Gasteiger partial charge in [0.2, 0.25) is 0 Å². The smallest absolute Gasteiger partial charge is 0.791 e. The van der Waals surface area contributed by atoms with Crippen LogP contribution in [0.15, 0.2) is 97.6 Å². The molecule has 0 aromatic carbocycles. The summed E-state index contributed by atoms with van der Waals surface area (Å²) in [6, 6.07) is 27.1. The molecule has 0 aliphatic rings. The van der Waals surface area contributed by atoms with Crippen LogP contribution in [-0.2, 0) is 135 Å². The largest absolute Gasteiger partial charge is 2.00 e. The summed E-state index contributed by atoms with van der Waals surface area (Å²) in [6.45, 7) is 9.65. The number of hydrogen-bond donors (Lipinski definition) is 4. The summed E-state index contributed by atoms with van der Waals surface area (Å²) < 4.78 is 67.9. The minimum Gasteiger partial charge on any atom is -0.791 e. The maximum atomic E-state index is 8.49. The zero-order valence-corrected chi connectivity index (χ0v) is 48.9. The molecule has 0 fully saturated rings. The number of halogens is 2. The molecule has 336 valence electrons. The summed E-state index contributed by atoms with van der Waals surface area (Å²) >= 11 is 19.1. The van der Waals surface area contributed by atoms with Gasteiger partial charge in [-0.2, -0.15) is 33.5 Å². The molecule has 0 saturated carbocycles. The molecule has 18 nitrogen and oxygen atoms in total. The van der Waals surface area contributed by atoms with Crippen LogP contribution in [0.5, 0.6) is 0 Å². The third kappa shape index (κ3) is 81.6. The van der Waals surface area contributed by atoms with Gasteiger partial charge in [0, 0.05) is 64.8 Å². The summed E-state index contributed by atoms with van der Waals surface area (Å²) in [6.07, 6.45) is 7.19. The van der Waals surface area contributed by atoms with Crippen LogP contribution in [0.2, 0.25) is 0 Å². The van der Waals surface area contributed by atoms with E-state index in [2.05, 4.69) is 41.2 Å². The van der Waals surface area contributed by atoms with Gasteiger partial charge in [0.15, 0.2) is 0 Å². The van der Waals surface area contributed by atoms with Gasteiger partial charge in [-0.25, -0.2) is 37.3 Å². The Morgan fingerprint density at radius 2 is 0.587 bits per heavy atom. The standard InChI is InChI=1S/4C8H12N2S.2C2H3N.2ClHO4.3Zn/c4*11-6-5-9-7-8-3-1-2-4-10-8;2*1-2-3;2*2-1(3,4)5;;;/h4*1-4,9,11H,5-7H2;2*1H3;2*(H,2,3,4,5);;;/q;;;;;;;;3*+2/p-6. The Balaban J connectivity index is -0.000000118. The number of rotatable bonds is 16. The summed E-state index contributed by atoms with van der Waals surface area (Å²) in [5, 5.41) is 27.4. The van der Waals surface area contributed by atoms with Gasteiger partial charge in [0.05, 0.1) is 34.9 Å². The van der Waals surface area contributed by atoms with Crippen molar-refractivity contribution >= 4 is 50.5 Å². The Hall–Kier alpha value is -1.05. The summed E-state index contributed by atoms with van der Waals surface area (Å²) in [5.41, 5.74) is 4.26. The fourth-order valence-electron chi connectivity index (χ4n) is 3.17. The molecule has 27 heteroatoms. The molecule has 0 aliphatic heterocycles. The van der Waals surface area contributed by atoms with Crippen molar-refractivity contribution in [3.05, 3.63) is 120 Å². The van der Waals surface area contributed by atoms with Crippen LogP contribution in [0.4, 0.5) is 0 Å². The Kier molecular flexibility index (Phi) is 71.3. The molecule has 4 heterocycles. The van der Waals surface area contributed by atoms with E-state index in [0.717, 1.165) is 98.1 Å². The van der Waals surface area contributed by atoms with Gasteiger partial charge in [-0.3, -0.25) is 19.9 Å². The molecule has 0 atom stereocenters. The third-order valence-corrected chi connectivity index (χ3v) is 6.06. The van der Waals surface area contributed by atoms with Crippen molar-refractivity contribution in [3.63, 3.8) is 0 Å². The van der Waals surface area contributed by atoms with Gasteiger partial charge < -0.3 is 71.8 Å².